The first kappa shape index (κ1) is 18.7. The molecular formula is C21H18ClNO4. The molecule has 0 fully saturated rings. The van der Waals surface area contributed by atoms with Gasteiger partial charge in [0.25, 0.3) is 5.56 Å². The number of halogens is 1. The summed E-state index contributed by atoms with van der Waals surface area (Å²) in [4.78, 5) is 27.3. The lowest BCUT2D eigenvalue weighted by molar-refractivity contribution is 0.0597. The number of hydrogen-bond donors (Lipinski definition) is 1. The summed E-state index contributed by atoms with van der Waals surface area (Å²) in [6, 6.07) is 14.7. The number of carbonyl (C=O) groups is 1. The van der Waals surface area contributed by atoms with Crippen LogP contribution in [0.5, 0.6) is 5.75 Å². The van der Waals surface area contributed by atoms with Gasteiger partial charge in [-0.05, 0) is 47.4 Å². The Morgan fingerprint density at radius 1 is 1.04 bits per heavy atom. The van der Waals surface area contributed by atoms with Crippen LogP contribution in [0, 0.1) is 0 Å². The van der Waals surface area contributed by atoms with E-state index >= 15 is 0 Å². The van der Waals surface area contributed by atoms with Crippen LogP contribution in [0.25, 0.3) is 11.1 Å². The van der Waals surface area contributed by atoms with Crippen molar-refractivity contribution >= 4 is 17.6 Å². The van der Waals surface area contributed by atoms with Gasteiger partial charge in [0.05, 0.1) is 14.2 Å². The van der Waals surface area contributed by atoms with Gasteiger partial charge in [-0.2, -0.15) is 0 Å². The Morgan fingerprint density at radius 3 is 2.30 bits per heavy atom. The zero-order chi connectivity index (χ0) is 19.4. The van der Waals surface area contributed by atoms with E-state index in [0.29, 0.717) is 17.0 Å². The van der Waals surface area contributed by atoms with Crippen LogP contribution in [0.3, 0.4) is 0 Å². The molecule has 0 spiro atoms. The number of H-pyrrole nitrogens is 1. The van der Waals surface area contributed by atoms with Crippen molar-refractivity contribution in [3.05, 3.63) is 86.8 Å². The number of esters is 1. The van der Waals surface area contributed by atoms with E-state index in [2.05, 4.69) is 4.98 Å². The number of aromatic nitrogens is 1. The lowest BCUT2D eigenvalue weighted by Crippen LogP contribution is -2.22. The number of methoxy groups -OCH3 is 2. The van der Waals surface area contributed by atoms with Gasteiger partial charge >= 0.3 is 5.97 Å². The molecule has 3 rings (SSSR count). The van der Waals surface area contributed by atoms with Crippen molar-refractivity contribution in [3.8, 4) is 16.9 Å². The number of pyridine rings is 1. The molecule has 0 radical (unpaired) electrons. The van der Waals surface area contributed by atoms with Gasteiger partial charge in [-0.15, -0.1) is 0 Å². The Hall–Kier alpha value is -3.05. The molecule has 0 unspecified atom stereocenters. The summed E-state index contributed by atoms with van der Waals surface area (Å²) in [6.45, 7) is 0. The van der Waals surface area contributed by atoms with Gasteiger partial charge in [0, 0.05) is 16.8 Å². The Bertz CT molecular complexity index is 1010. The maximum atomic E-state index is 12.4. The SMILES string of the molecule is COC(=O)c1c(Cc2ccc(Cl)cc2)c(-c2ccc(OC)cc2)c[nH]c1=O. The lowest BCUT2D eigenvalue weighted by atomic mass is 9.93. The molecule has 27 heavy (non-hydrogen) atoms. The van der Waals surface area contributed by atoms with Crippen molar-refractivity contribution in [1.82, 2.24) is 4.98 Å². The van der Waals surface area contributed by atoms with Crippen molar-refractivity contribution in [2.45, 2.75) is 6.42 Å². The highest BCUT2D eigenvalue weighted by atomic mass is 35.5. The summed E-state index contributed by atoms with van der Waals surface area (Å²) >= 11 is 5.96. The minimum atomic E-state index is -0.671. The number of aromatic amines is 1. The zero-order valence-corrected chi connectivity index (χ0v) is 15.7. The van der Waals surface area contributed by atoms with Crippen LogP contribution in [0.4, 0.5) is 0 Å². The molecule has 138 valence electrons. The van der Waals surface area contributed by atoms with E-state index in [1.165, 1.54) is 7.11 Å². The second-order valence-electron chi connectivity index (χ2n) is 5.91. The molecular weight excluding hydrogens is 366 g/mol. The van der Waals surface area contributed by atoms with Gasteiger partial charge in [0.15, 0.2) is 0 Å². The van der Waals surface area contributed by atoms with E-state index in [1.807, 2.05) is 36.4 Å². The molecule has 0 amide bonds. The van der Waals surface area contributed by atoms with Crippen LogP contribution in [0.1, 0.15) is 21.5 Å². The van der Waals surface area contributed by atoms with Gasteiger partial charge in [0.2, 0.25) is 0 Å². The van der Waals surface area contributed by atoms with Gasteiger partial charge in [-0.3, -0.25) is 4.79 Å². The molecule has 0 aliphatic heterocycles. The smallest absolute Gasteiger partial charge is 0.343 e. The maximum absolute atomic E-state index is 12.4. The molecule has 6 heteroatoms. The average Bonchev–Trinajstić information content (AvgIpc) is 2.69. The van der Waals surface area contributed by atoms with Crippen LogP contribution >= 0.6 is 11.6 Å². The quantitative estimate of drug-likeness (QED) is 0.674. The van der Waals surface area contributed by atoms with Crippen molar-refractivity contribution in [2.75, 3.05) is 14.2 Å². The molecule has 0 saturated carbocycles. The molecule has 1 aromatic heterocycles. The van der Waals surface area contributed by atoms with Gasteiger partial charge < -0.3 is 14.5 Å². The summed E-state index contributed by atoms with van der Waals surface area (Å²) in [6.07, 6.45) is 1.99. The fourth-order valence-corrected chi connectivity index (χ4v) is 3.03. The fourth-order valence-electron chi connectivity index (χ4n) is 2.90. The Balaban J connectivity index is 2.18. The maximum Gasteiger partial charge on any atom is 0.343 e. The first-order valence-corrected chi connectivity index (χ1v) is 8.63. The van der Waals surface area contributed by atoms with E-state index in [4.69, 9.17) is 21.1 Å². The van der Waals surface area contributed by atoms with Gasteiger partial charge in [-0.1, -0.05) is 35.9 Å². The van der Waals surface area contributed by atoms with Crippen LogP contribution in [0.15, 0.2) is 59.5 Å². The number of nitrogens with one attached hydrogen (secondary N) is 1. The lowest BCUT2D eigenvalue weighted by Gasteiger charge is -2.14. The van der Waals surface area contributed by atoms with Crippen LogP contribution in [0.2, 0.25) is 5.02 Å². The van der Waals surface area contributed by atoms with Crippen molar-refractivity contribution in [2.24, 2.45) is 0 Å². The third-order valence-electron chi connectivity index (χ3n) is 4.29. The summed E-state index contributed by atoms with van der Waals surface area (Å²) in [5, 5.41) is 0.619. The van der Waals surface area contributed by atoms with E-state index in [1.54, 1.807) is 25.4 Å². The molecule has 1 N–H and O–H groups in total. The van der Waals surface area contributed by atoms with E-state index in [0.717, 1.165) is 22.4 Å². The number of benzene rings is 2. The molecule has 0 saturated heterocycles. The van der Waals surface area contributed by atoms with Gasteiger partial charge in [0.1, 0.15) is 11.3 Å². The predicted molar refractivity (Wildman–Crippen MR) is 105 cm³/mol. The summed E-state index contributed by atoms with van der Waals surface area (Å²) in [7, 11) is 2.85. The molecule has 5 nitrogen and oxygen atoms in total. The standard InChI is InChI=1S/C21H18ClNO4/c1-26-16-9-5-14(6-10-16)18-12-23-20(24)19(21(25)27-2)17(18)11-13-3-7-15(22)8-4-13/h3-10,12H,11H2,1-2H3,(H,23,24). The first-order chi connectivity index (χ1) is 13.0. The Morgan fingerprint density at radius 2 is 1.70 bits per heavy atom. The summed E-state index contributed by atoms with van der Waals surface area (Å²) in [5.74, 6) is 0.0474. The molecule has 3 aromatic rings. The summed E-state index contributed by atoms with van der Waals surface area (Å²) < 4.78 is 10.0. The molecule has 0 atom stereocenters. The average molecular weight is 384 g/mol. The topological polar surface area (TPSA) is 68.4 Å². The third-order valence-corrected chi connectivity index (χ3v) is 4.54. The first-order valence-electron chi connectivity index (χ1n) is 8.25. The highest BCUT2D eigenvalue weighted by Gasteiger charge is 2.21. The van der Waals surface area contributed by atoms with E-state index in [9.17, 15) is 9.59 Å². The van der Waals surface area contributed by atoms with Crippen LogP contribution < -0.4 is 10.3 Å². The highest BCUT2D eigenvalue weighted by molar-refractivity contribution is 6.30. The number of ether oxygens (including phenoxy) is 2. The minimum absolute atomic E-state index is 0.000711. The molecule has 1 heterocycles. The molecule has 0 bridgehead atoms. The fraction of sp³-hybridized carbons (Fsp3) is 0.143. The molecule has 0 aliphatic rings. The molecule has 2 aromatic carbocycles. The van der Waals surface area contributed by atoms with Crippen LogP contribution in [-0.2, 0) is 11.2 Å². The second kappa shape index (κ2) is 8.10. The number of hydrogen-bond acceptors (Lipinski definition) is 4. The largest absolute Gasteiger partial charge is 0.497 e. The second-order valence-corrected chi connectivity index (χ2v) is 6.34. The third kappa shape index (κ3) is 4.04. The normalized spacial score (nSPS) is 10.5. The Kier molecular flexibility index (Phi) is 5.62. The van der Waals surface area contributed by atoms with Gasteiger partial charge in [-0.25, -0.2) is 4.79 Å². The van der Waals surface area contributed by atoms with E-state index < -0.39 is 11.5 Å². The monoisotopic (exact) mass is 383 g/mol. The number of carbonyl (C=O) groups excluding carboxylic acids is 1. The van der Waals surface area contributed by atoms with Crippen molar-refractivity contribution < 1.29 is 14.3 Å². The molecule has 0 aliphatic carbocycles. The van der Waals surface area contributed by atoms with Crippen molar-refractivity contribution in [3.63, 3.8) is 0 Å². The number of rotatable bonds is 5. The highest BCUT2D eigenvalue weighted by Crippen LogP contribution is 2.28. The predicted octanol–water partition coefficient (Wildman–Crippen LogP) is 4.08. The Labute approximate surface area is 161 Å². The van der Waals surface area contributed by atoms with Crippen LogP contribution in [-0.4, -0.2) is 25.2 Å². The van der Waals surface area contributed by atoms with E-state index in [-0.39, 0.29) is 5.56 Å². The van der Waals surface area contributed by atoms with Crippen molar-refractivity contribution in [1.29, 1.82) is 0 Å². The minimum Gasteiger partial charge on any atom is -0.497 e. The summed E-state index contributed by atoms with van der Waals surface area (Å²) in [5.41, 5.74) is 2.63. The zero-order valence-electron chi connectivity index (χ0n) is 14.9.